The number of aryl methyl sites for hydroxylation is 1. The van der Waals surface area contributed by atoms with E-state index >= 15 is 0 Å². The van der Waals surface area contributed by atoms with Gasteiger partial charge < -0.3 is 0 Å². The monoisotopic (exact) mass is 240 g/mol. The molecule has 0 saturated heterocycles. The number of hydrogen-bond donors (Lipinski definition) is 0. The van der Waals surface area contributed by atoms with Gasteiger partial charge in [-0.15, -0.1) is 0 Å². The Bertz CT molecular complexity index is 135. The van der Waals surface area contributed by atoms with Gasteiger partial charge in [-0.25, -0.2) is 0 Å². The normalized spacial score (nSPS) is 6.08. The van der Waals surface area contributed by atoms with Crippen LogP contribution in [0.2, 0.25) is 0 Å². The van der Waals surface area contributed by atoms with Crippen LogP contribution in [0.5, 0.6) is 0 Å². The fourth-order valence-corrected chi connectivity index (χ4v) is 0.483. The van der Waals surface area contributed by atoms with Gasteiger partial charge in [0.1, 0.15) is 0 Å². The second kappa shape index (κ2) is 17.4. The van der Waals surface area contributed by atoms with Crippen LogP contribution >= 0.6 is 0 Å². The van der Waals surface area contributed by atoms with E-state index in [1.54, 1.807) is 0 Å². The average Bonchev–Trinajstić information content (AvgIpc) is 2.13. The largest absolute Gasteiger partial charge is 0.181 e. The minimum Gasteiger partial charge on any atom is -0.181 e. The van der Waals surface area contributed by atoms with Crippen LogP contribution in [0.15, 0.2) is 24.3 Å². The molecule has 1 aromatic carbocycles. The topological polar surface area (TPSA) is 0 Å². The van der Waals surface area contributed by atoms with Crippen LogP contribution in [-0.2, 0) is 32.7 Å². The van der Waals surface area contributed by atoms with Gasteiger partial charge in [0.15, 0.2) is 0 Å². The standard InChI is InChI=1S/C7H7.2C2H6.Y/c1-7-5-3-2-4-6-7;2*1-2;/h2-5H,1H3;2*1-2H3;/q-1;;;. The summed E-state index contributed by atoms with van der Waals surface area (Å²) in [6.45, 7) is 10.0. The zero-order chi connectivity index (χ0) is 9.11. The van der Waals surface area contributed by atoms with Gasteiger partial charge in [0.05, 0.1) is 0 Å². The molecule has 67 valence electrons. The molecule has 0 amide bonds. The Labute approximate surface area is 103 Å². The molecule has 12 heavy (non-hydrogen) atoms. The Morgan fingerprint density at radius 1 is 1.00 bits per heavy atom. The van der Waals surface area contributed by atoms with Crippen molar-refractivity contribution in [2.45, 2.75) is 34.6 Å². The summed E-state index contributed by atoms with van der Waals surface area (Å²) in [6.07, 6.45) is 0. The van der Waals surface area contributed by atoms with Crippen LogP contribution in [0.4, 0.5) is 0 Å². The summed E-state index contributed by atoms with van der Waals surface area (Å²) < 4.78 is 0. The summed E-state index contributed by atoms with van der Waals surface area (Å²) in [5.41, 5.74) is 1.20. The van der Waals surface area contributed by atoms with Gasteiger partial charge in [-0.05, 0) is 0 Å². The Kier molecular flexibility index (Phi) is 26.4. The van der Waals surface area contributed by atoms with Gasteiger partial charge in [0.25, 0.3) is 0 Å². The molecule has 0 aliphatic rings. The number of hydrogen-bond acceptors (Lipinski definition) is 0. The summed E-state index contributed by atoms with van der Waals surface area (Å²) in [4.78, 5) is 0. The van der Waals surface area contributed by atoms with Crippen molar-refractivity contribution in [2.24, 2.45) is 0 Å². The molecule has 0 aromatic heterocycles. The van der Waals surface area contributed by atoms with Crippen LogP contribution in [0.3, 0.4) is 0 Å². The SMILES string of the molecule is CC.CC.Cc1[c-]cccc1.[Y]. The fraction of sp³-hybridized carbons (Fsp3) is 0.455. The quantitative estimate of drug-likeness (QED) is 0.604. The number of benzene rings is 1. The molecule has 0 unspecified atom stereocenters. The van der Waals surface area contributed by atoms with E-state index in [1.807, 2.05) is 58.9 Å². The van der Waals surface area contributed by atoms with Gasteiger partial charge in [0, 0.05) is 32.7 Å². The molecule has 0 nitrogen and oxygen atoms in total. The molecule has 0 atom stereocenters. The molecular formula is C11H19Y-. The molecule has 1 aromatic rings. The first-order valence-electron chi connectivity index (χ1n) is 4.33. The van der Waals surface area contributed by atoms with E-state index in [0.717, 1.165) is 0 Å². The van der Waals surface area contributed by atoms with Gasteiger partial charge in [-0.2, -0.15) is 35.9 Å². The maximum Gasteiger partial charge on any atom is 0 e. The van der Waals surface area contributed by atoms with Gasteiger partial charge in [-0.3, -0.25) is 0 Å². The van der Waals surface area contributed by atoms with Crippen molar-refractivity contribution in [1.82, 2.24) is 0 Å². The molecule has 0 N–H and O–H groups in total. The Morgan fingerprint density at radius 3 is 1.67 bits per heavy atom. The van der Waals surface area contributed by atoms with Crippen molar-refractivity contribution in [3.63, 3.8) is 0 Å². The summed E-state index contributed by atoms with van der Waals surface area (Å²) in [7, 11) is 0. The van der Waals surface area contributed by atoms with E-state index in [9.17, 15) is 0 Å². The van der Waals surface area contributed by atoms with E-state index in [-0.39, 0.29) is 32.7 Å². The first-order chi connectivity index (χ1) is 5.39. The first-order valence-corrected chi connectivity index (χ1v) is 4.33. The Morgan fingerprint density at radius 2 is 1.50 bits per heavy atom. The number of rotatable bonds is 0. The fourth-order valence-electron chi connectivity index (χ4n) is 0.483. The van der Waals surface area contributed by atoms with Crippen molar-refractivity contribution in [1.29, 1.82) is 0 Å². The third kappa shape index (κ3) is 13.0. The van der Waals surface area contributed by atoms with Crippen LogP contribution in [0, 0.1) is 13.0 Å². The Hall–Kier alpha value is 0.324. The Balaban J connectivity index is -0.000000144. The summed E-state index contributed by atoms with van der Waals surface area (Å²) >= 11 is 0. The van der Waals surface area contributed by atoms with Crippen molar-refractivity contribution in [3.05, 3.63) is 35.9 Å². The molecular weight excluding hydrogens is 221 g/mol. The minimum absolute atomic E-state index is 0. The molecule has 0 aliphatic carbocycles. The molecule has 0 heterocycles. The van der Waals surface area contributed by atoms with E-state index in [1.165, 1.54) is 5.56 Å². The second-order valence-electron chi connectivity index (χ2n) is 1.55. The van der Waals surface area contributed by atoms with E-state index in [4.69, 9.17) is 0 Å². The summed E-state index contributed by atoms with van der Waals surface area (Å²) in [5, 5.41) is 0. The molecule has 0 aliphatic heterocycles. The van der Waals surface area contributed by atoms with Crippen LogP contribution in [-0.4, -0.2) is 0 Å². The average molecular weight is 240 g/mol. The van der Waals surface area contributed by atoms with E-state index in [0.29, 0.717) is 0 Å². The predicted molar refractivity (Wildman–Crippen MR) is 52.7 cm³/mol. The summed E-state index contributed by atoms with van der Waals surface area (Å²) in [6, 6.07) is 10.9. The molecule has 1 radical (unpaired) electrons. The van der Waals surface area contributed by atoms with Gasteiger partial charge >= 0.3 is 0 Å². The van der Waals surface area contributed by atoms with Gasteiger partial charge in [0.2, 0.25) is 0 Å². The zero-order valence-electron chi connectivity index (χ0n) is 8.89. The van der Waals surface area contributed by atoms with Gasteiger partial charge in [-0.1, -0.05) is 34.6 Å². The molecule has 1 rings (SSSR count). The minimum atomic E-state index is 0. The molecule has 0 spiro atoms. The smallest absolute Gasteiger partial charge is 0 e. The van der Waals surface area contributed by atoms with Crippen LogP contribution in [0.25, 0.3) is 0 Å². The summed E-state index contributed by atoms with van der Waals surface area (Å²) in [5.74, 6) is 0. The third-order valence-corrected chi connectivity index (χ3v) is 0.865. The van der Waals surface area contributed by atoms with Crippen molar-refractivity contribution < 1.29 is 32.7 Å². The zero-order valence-corrected chi connectivity index (χ0v) is 11.7. The van der Waals surface area contributed by atoms with E-state index < -0.39 is 0 Å². The van der Waals surface area contributed by atoms with E-state index in [2.05, 4.69) is 6.07 Å². The van der Waals surface area contributed by atoms with Crippen molar-refractivity contribution in [2.75, 3.05) is 0 Å². The second-order valence-corrected chi connectivity index (χ2v) is 1.55. The molecule has 0 fully saturated rings. The molecule has 0 saturated carbocycles. The maximum atomic E-state index is 3.03. The molecule has 1 heteroatoms. The predicted octanol–water partition coefficient (Wildman–Crippen LogP) is 3.85. The first kappa shape index (κ1) is 18.2. The van der Waals surface area contributed by atoms with Crippen LogP contribution < -0.4 is 0 Å². The van der Waals surface area contributed by atoms with Crippen molar-refractivity contribution >= 4 is 0 Å². The molecule has 0 bridgehead atoms. The maximum absolute atomic E-state index is 3.03. The van der Waals surface area contributed by atoms with Crippen molar-refractivity contribution in [3.8, 4) is 0 Å². The van der Waals surface area contributed by atoms with Crippen LogP contribution in [0.1, 0.15) is 33.3 Å². The third-order valence-electron chi connectivity index (χ3n) is 0.865.